The number of nitrogens with zero attached hydrogens (tertiary/aromatic N) is 1. The van der Waals surface area contributed by atoms with Gasteiger partial charge in [0.15, 0.2) is 0 Å². The summed E-state index contributed by atoms with van der Waals surface area (Å²) in [5.41, 5.74) is 0.309. The average molecular weight is 172 g/mol. The molecule has 0 unspecified atom stereocenters. The van der Waals surface area contributed by atoms with Gasteiger partial charge in [0, 0.05) is 25.6 Å². The first-order valence-electron chi connectivity index (χ1n) is 4.63. The normalized spacial score (nSPS) is 29.5. The Labute approximate surface area is 74.8 Å². The van der Waals surface area contributed by atoms with Gasteiger partial charge in [0.1, 0.15) is 0 Å². The molecule has 0 spiro atoms. The highest BCUT2D eigenvalue weighted by Gasteiger charge is 2.37. The van der Waals surface area contributed by atoms with Gasteiger partial charge in [0.05, 0.1) is 6.61 Å². The van der Waals surface area contributed by atoms with Crippen molar-refractivity contribution in [2.45, 2.75) is 20.8 Å². The minimum atomic E-state index is 0.309. The Hall–Kier alpha value is -0.120. The van der Waals surface area contributed by atoms with Crippen molar-refractivity contribution in [1.29, 1.82) is 0 Å². The third kappa shape index (κ3) is 2.19. The van der Waals surface area contributed by atoms with Crippen molar-refractivity contribution in [3.05, 3.63) is 0 Å². The van der Waals surface area contributed by atoms with E-state index in [0.717, 1.165) is 26.3 Å². The van der Waals surface area contributed by atoms with Crippen LogP contribution in [0.25, 0.3) is 0 Å². The summed E-state index contributed by atoms with van der Waals surface area (Å²) in [4.78, 5) is 0. The van der Waals surface area contributed by atoms with Crippen molar-refractivity contribution < 1.29 is 4.74 Å². The summed E-state index contributed by atoms with van der Waals surface area (Å²) in [6, 6.07) is 0. The molecule has 0 aromatic carbocycles. The van der Waals surface area contributed by atoms with Crippen LogP contribution >= 0.6 is 0 Å². The zero-order valence-electron chi connectivity index (χ0n) is 8.34. The number of nitrogens with two attached hydrogens (primary N) is 1. The molecule has 3 nitrogen and oxygen atoms in total. The summed E-state index contributed by atoms with van der Waals surface area (Å²) in [5.74, 6) is 6.34. The minimum absolute atomic E-state index is 0.309. The van der Waals surface area contributed by atoms with Crippen LogP contribution in [-0.2, 0) is 4.74 Å². The molecule has 0 saturated carbocycles. The maximum Gasteiger partial charge on any atom is 0.0512 e. The molecule has 12 heavy (non-hydrogen) atoms. The average Bonchev–Trinajstić information content (AvgIpc) is 2.20. The molecule has 0 aromatic heterocycles. The highest BCUT2D eigenvalue weighted by molar-refractivity contribution is 4.88. The number of ether oxygens (including phenoxy) is 1. The molecule has 1 atom stereocenters. The van der Waals surface area contributed by atoms with E-state index in [4.69, 9.17) is 10.6 Å². The zero-order chi connectivity index (χ0) is 9.19. The number of rotatable bonds is 3. The molecule has 72 valence electrons. The highest BCUT2D eigenvalue weighted by atomic mass is 16.5. The van der Waals surface area contributed by atoms with Gasteiger partial charge in [0.25, 0.3) is 0 Å². The number of hydrogen-bond donors (Lipinski definition) is 1. The Morgan fingerprint density at radius 2 is 2.25 bits per heavy atom. The van der Waals surface area contributed by atoms with E-state index in [1.165, 1.54) is 0 Å². The van der Waals surface area contributed by atoms with Crippen LogP contribution in [0.15, 0.2) is 0 Å². The molecule has 2 N–H and O–H groups in total. The summed E-state index contributed by atoms with van der Waals surface area (Å²) in [6.07, 6.45) is 0. The molecule has 3 heteroatoms. The molecule has 0 radical (unpaired) electrons. The van der Waals surface area contributed by atoms with Gasteiger partial charge in [-0.2, -0.15) is 0 Å². The Morgan fingerprint density at radius 1 is 1.58 bits per heavy atom. The Morgan fingerprint density at radius 3 is 2.67 bits per heavy atom. The molecule has 0 amide bonds. The van der Waals surface area contributed by atoms with E-state index in [1.807, 2.05) is 11.9 Å². The molecule has 1 heterocycles. The SMILES string of the molecule is CCOC[C@H]1CN(N)CC1(C)C. The van der Waals surface area contributed by atoms with Crippen molar-refractivity contribution in [3.63, 3.8) is 0 Å². The Bertz CT molecular complexity index is 147. The van der Waals surface area contributed by atoms with Crippen molar-refractivity contribution >= 4 is 0 Å². The van der Waals surface area contributed by atoms with Gasteiger partial charge >= 0.3 is 0 Å². The van der Waals surface area contributed by atoms with Crippen LogP contribution in [0.4, 0.5) is 0 Å². The van der Waals surface area contributed by atoms with Gasteiger partial charge in [-0.25, -0.2) is 5.01 Å². The minimum Gasteiger partial charge on any atom is -0.381 e. The summed E-state index contributed by atoms with van der Waals surface area (Å²) in [6.45, 7) is 10.1. The fraction of sp³-hybridized carbons (Fsp3) is 1.00. The van der Waals surface area contributed by atoms with Crippen molar-refractivity contribution in [2.75, 3.05) is 26.3 Å². The van der Waals surface area contributed by atoms with E-state index < -0.39 is 0 Å². The second-order valence-corrected chi connectivity index (χ2v) is 4.27. The number of hydrogen-bond acceptors (Lipinski definition) is 3. The van der Waals surface area contributed by atoms with Gasteiger partial charge < -0.3 is 4.74 Å². The molecule has 1 rings (SSSR count). The van der Waals surface area contributed by atoms with Crippen LogP contribution in [0.1, 0.15) is 20.8 Å². The van der Waals surface area contributed by atoms with Crippen LogP contribution < -0.4 is 5.84 Å². The lowest BCUT2D eigenvalue weighted by atomic mass is 9.83. The van der Waals surface area contributed by atoms with Gasteiger partial charge in [0.2, 0.25) is 0 Å². The molecular formula is C9H20N2O. The molecule has 0 aliphatic carbocycles. The standard InChI is InChI=1S/C9H20N2O/c1-4-12-6-8-5-11(10)7-9(8,2)3/h8H,4-7,10H2,1-3H3/t8-/m1/s1. The van der Waals surface area contributed by atoms with Crippen LogP contribution in [-0.4, -0.2) is 31.3 Å². The monoisotopic (exact) mass is 172 g/mol. The van der Waals surface area contributed by atoms with Crippen LogP contribution in [0, 0.1) is 11.3 Å². The fourth-order valence-electron chi connectivity index (χ4n) is 1.79. The van der Waals surface area contributed by atoms with Crippen LogP contribution in [0.5, 0.6) is 0 Å². The second-order valence-electron chi connectivity index (χ2n) is 4.27. The van der Waals surface area contributed by atoms with E-state index in [-0.39, 0.29) is 0 Å². The molecule has 0 aromatic rings. The quantitative estimate of drug-likeness (QED) is 0.642. The van der Waals surface area contributed by atoms with Gasteiger partial charge in [-0.1, -0.05) is 13.8 Å². The summed E-state index contributed by atoms with van der Waals surface area (Å²) >= 11 is 0. The smallest absolute Gasteiger partial charge is 0.0512 e. The summed E-state index contributed by atoms with van der Waals surface area (Å²) in [7, 11) is 0. The molecule has 1 aliphatic rings. The van der Waals surface area contributed by atoms with Crippen molar-refractivity contribution in [3.8, 4) is 0 Å². The molecular weight excluding hydrogens is 152 g/mol. The summed E-state index contributed by atoms with van der Waals surface area (Å²) < 4.78 is 5.42. The first kappa shape index (κ1) is 9.96. The Balaban J connectivity index is 2.42. The third-order valence-electron chi connectivity index (χ3n) is 2.69. The molecule has 0 bridgehead atoms. The first-order chi connectivity index (χ1) is 5.56. The van der Waals surface area contributed by atoms with Crippen molar-refractivity contribution in [1.82, 2.24) is 5.01 Å². The maximum absolute atomic E-state index is 5.75. The van der Waals surface area contributed by atoms with Crippen LogP contribution in [0.3, 0.4) is 0 Å². The predicted octanol–water partition coefficient (Wildman–Crippen LogP) is 0.855. The first-order valence-corrected chi connectivity index (χ1v) is 4.63. The topological polar surface area (TPSA) is 38.5 Å². The van der Waals surface area contributed by atoms with Gasteiger partial charge in [-0.3, -0.25) is 5.84 Å². The maximum atomic E-state index is 5.75. The van der Waals surface area contributed by atoms with Gasteiger partial charge in [-0.05, 0) is 12.3 Å². The molecule has 1 aliphatic heterocycles. The Kier molecular flexibility index (Phi) is 3.09. The predicted molar refractivity (Wildman–Crippen MR) is 49.5 cm³/mol. The zero-order valence-corrected chi connectivity index (χ0v) is 8.34. The van der Waals surface area contributed by atoms with Crippen LogP contribution in [0.2, 0.25) is 0 Å². The highest BCUT2D eigenvalue weighted by Crippen LogP contribution is 2.33. The third-order valence-corrected chi connectivity index (χ3v) is 2.69. The van der Waals surface area contributed by atoms with E-state index >= 15 is 0 Å². The van der Waals surface area contributed by atoms with E-state index in [2.05, 4.69) is 13.8 Å². The lowest BCUT2D eigenvalue weighted by Gasteiger charge is -2.24. The number of hydrazine groups is 1. The van der Waals surface area contributed by atoms with Gasteiger partial charge in [-0.15, -0.1) is 0 Å². The lowest BCUT2D eigenvalue weighted by molar-refractivity contribution is 0.0797. The fourth-order valence-corrected chi connectivity index (χ4v) is 1.79. The lowest BCUT2D eigenvalue weighted by Crippen LogP contribution is -2.29. The molecule has 1 fully saturated rings. The summed E-state index contributed by atoms with van der Waals surface area (Å²) in [5, 5.41) is 1.89. The largest absolute Gasteiger partial charge is 0.381 e. The van der Waals surface area contributed by atoms with Crippen molar-refractivity contribution in [2.24, 2.45) is 17.2 Å². The van der Waals surface area contributed by atoms with E-state index in [1.54, 1.807) is 0 Å². The van der Waals surface area contributed by atoms with E-state index in [0.29, 0.717) is 11.3 Å². The second kappa shape index (κ2) is 3.73. The molecule has 1 saturated heterocycles. The van der Waals surface area contributed by atoms with E-state index in [9.17, 15) is 0 Å².